The van der Waals surface area contributed by atoms with Crippen molar-refractivity contribution in [2.75, 3.05) is 42.1 Å². The highest BCUT2D eigenvalue weighted by Gasteiger charge is 2.34. The zero-order valence-electron chi connectivity index (χ0n) is 13.3. The van der Waals surface area contributed by atoms with Gasteiger partial charge in [-0.1, -0.05) is 0 Å². The van der Waals surface area contributed by atoms with Crippen molar-refractivity contribution in [2.45, 2.75) is 44.7 Å². The van der Waals surface area contributed by atoms with E-state index in [0.717, 1.165) is 30.6 Å². The van der Waals surface area contributed by atoms with Gasteiger partial charge in [0.15, 0.2) is 0 Å². The summed E-state index contributed by atoms with van der Waals surface area (Å²) in [5.41, 5.74) is 5.95. The van der Waals surface area contributed by atoms with Gasteiger partial charge in [-0.05, 0) is 51.6 Å². The fourth-order valence-electron chi connectivity index (χ4n) is 4.27. The summed E-state index contributed by atoms with van der Waals surface area (Å²) in [6.45, 7) is 6.96. The van der Waals surface area contributed by atoms with Gasteiger partial charge in [0.2, 0.25) is 5.95 Å². The van der Waals surface area contributed by atoms with Crippen LogP contribution in [0, 0.1) is 5.92 Å². The maximum absolute atomic E-state index is 5.95. The molecule has 4 aliphatic heterocycles. The van der Waals surface area contributed by atoms with Crippen molar-refractivity contribution >= 4 is 17.6 Å². The summed E-state index contributed by atoms with van der Waals surface area (Å²) in [7, 11) is 0. The van der Waals surface area contributed by atoms with Gasteiger partial charge in [-0.2, -0.15) is 9.97 Å². The number of nitrogen functional groups attached to an aromatic ring is 1. The highest BCUT2D eigenvalue weighted by atomic mass is 15.3. The molecule has 0 aromatic carbocycles. The van der Waals surface area contributed by atoms with E-state index in [1.165, 1.54) is 38.8 Å². The SMILES string of the molecule is CC1CCCN1c1cc(NC2CN3CCC2CC3)nc(N)n1. The second-order valence-corrected chi connectivity index (χ2v) is 7.04. The smallest absolute Gasteiger partial charge is 0.223 e. The molecule has 4 fully saturated rings. The van der Waals surface area contributed by atoms with E-state index >= 15 is 0 Å². The molecule has 5 rings (SSSR count). The molecule has 2 bridgehead atoms. The maximum Gasteiger partial charge on any atom is 0.223 e. The molecule has 4 aliphatic rings. The van der Waals surface area contributed by atoms with Crippen LogP contribution in [0.15, 0.2) is 6.07 Å². The molecule has 2 atom stereocenters. The Balaban J connectivity index is 1.53. The van der Waals surface area contributed by atoms with E-state index < -0.39 is 0 Å². The molecule has 1 aromatic rings. The minimum atomic E-state index is 0.375. The lowest BCUT2D eigenvalue weighted by Crippen LogP contribution is -2.53. The van der Waals surface area contributed by atoms with Crippen LogP contribution in [0.2, 0.25) is 0 Å². The van der Waals surface area contributed by atoms with Crippen molar-refractivity contribution in [3.63, 3.8) is 0 Å². The lowest BCUT2D eigenvalue weighted by molar-refractivity contribution is 0.0974. The Labute approximate surface area is 132 Å². The zero-order chi connectivity index (χ0) is 15.1. The average Bonchev–Trinajstić information content (AvgIpc) is 2.94. The lowest BCUT2D eigenvalue weighted by atomic mass is 9.84. The Bertz CT molecular complexity index is 539. The first kappa shape index (κ1) is 14.1. The van der Waals surface area contributed by atoms with Crippen LogP contribution in [0.5, 0.6) is 0 Å². The topological polar surface area (TPSA) is 70.3 Å². The van der Waals surface area contributed by atoms with E-state index in [1.54, 1.807) is 0 Å². The number of piperidine rings is 3. The molecular weight excluding hydrogens is 276 g/mol. The third-order valence-corrected chi connectivity index (χ3v) is 5.57. The van der Waals surface area contributed by atoms with Crippen LogP contribution in [-0.2, 0) is 0 Å². The van der Waals surface area contributed by atoms with Crippen LogP contribution in [0.4, 0.5) is 17.6 Å². The summed E-state index contributed by atoms with van der Waals surface area (Å²) in [6.07, 6.45) is 5.06. The molecule has 120 valence electrons. The third-order valence-electron chi connectivity index (χ3n) is 5.57. The van der Waals surface area contributed by atoms with Crippen molar-refractivity contribution < 1.29 is 0 Å². The number of hydrogen-bond acceptors (Lipinski definition) is 6. The maximum atomic E-state index is 5.95. The largest absolute Gasteiger partial charge is 0.368 e. The summed E-state index contributed by atoms with van der Waals surface area (Å²) in [5.74, 6) is 3.01. The predicted octanol–water partition coefficient (Wildman–Crippen LogP) is 1.55. The van der Waals surface area contributed by atoms with Crippen molar-refractivity contribution in [1.29, 1.82) is 0 Å². The van der Waals surface area contributed by atoms with E-state index in [9.17, 15) is 0 Å². The van der Waals surface area contributed by atoms with Crippen molar-refractivity contribution in [3.8, 4) is 0 Å². The van der Waals surface area contributed by atoms with E-state index in [0.29, 0.717) is 18.0 Å². The Morgan fingerprint density at radius 3 is 2.64 bits per heavy atom. The van der Waals surface area contributed by atoms with Gasteiger partial charge in [0.05, 0.1) is 0 Å². The highest BCUT2D eigenvalue weighted by molar-refractivity contribution is 5.54. The molecule has 0 aliphatic carbocycles. The standard InChI is InChI=1S/C16H26N6/c1-11-3-2-6-22(11)15-9-14(19-16(17)20-15)18-13-10-21-7-4-12(13)5-8-21/h9,11-13H,2-8,10H2,1H3,(H3,17,18,19,20). The molecule has 3 N–H and O–H groups in total. The molecular formula is C16H26N6. The van der Waals surface area contributed by atoms with Gasteiger partial charge < -0.3 is 20.9 Å². The van der Waals surface area contributed by atoms with Gasteiger partial charge in [-0.15, -0.1) is 0 Å². The highest BCUT2D eigenvalue weighted by Crippen LogP contribution is 2.31. The van der Waals surface area contributed by atoms with E-state index in [2.05, 4.69) is 38.1 Å². The molecule has 1 aromatic heterocycles. The molecule has 6 nitrogen and oxygen atoms in total. The van der Waals surface area contributed by atoms with Crippen LogP contribution in [0.3, 0.4) is 0 Å². The van der Waals surface area contributed by atoms with Gasteiger partial charge in [-0.25, -0.2) is 0 Å². The van der Waals surface area contributed by atoms with Crippen LogP contribution >= 0.6 is 0 Å². The van der Waals surface area contributed by atoms with Gasteiger partial charge >= 0.3 is 0 Å². The number of nitrogens with zero attached hydrogens (tertiary/aromatic N) is 4. The van der Waals surface area contributed by atoms with Gasteiger partial charge in [0, 0.05) is 31.2 Å². The predicted molar refractivity (Wildman–Crippen MR) is 89.1 cm³/mol. The molecule has 0 radical (unpaired) electrons. The number of anilines is 3. The Kier molecular flexibility index (Phi) is 3.56. The molecule has 2 unspecified atom stereocenters. The Hall–Kier alpha value is -1.56. The zero-order valence-corrected chi connectivity index (χ0v) is 13.3. The Morgan fingerprint density at radius 1 is 1.18 bits per heavy atom. The van der Waals surface area contributed by atoms with Gasteiger partial charge in [-0.3, -0.25) is 0 Å². The fourth-order valence-corrected chi connectivity index (χ4v) is 4.27. The molecule has 0 saturated carbocycles. The minimum absolute atomic E-state index is 0.375. The summed E-state index contributed by atoms with van der Waals surface area (Å²) in [5, 5.41) is 3.63. The summed E-state index contributed by atoms with van der Waals surface area (Å²) in [4.78, 5) is 13.8. The summed E-state index contributed by atoms with van der Waals surface area (Å²) >= 11 is 0. The van der Waals surface area contributed by atoms with Gasteiger partial charge in [0.25, 0.3) is 0 Å². The van der Waals surface area contributed by atoms with E-state index in [4.69, 9.17) is 5.73 Å². The molecule has 22 heavy (non-hydrogen) atoms. The van der Waals surface area contributed by atoms with E-state index in [1.807, 2.05) is 0 Å². The lowest BCUT2D eigenvalue weighted by Gasteiger charge is -2.45. The summed E-state index contributed by atoms with van der Waals surface area (Å²) < 4.78 is 0. The van der Waals surface area contributed by atoms with Crippen LogP contribution in [0.25, 0.3) is 0 Å². The van der Waals surface area contributed by atoms with Crippen molar-refractivity contribution in [2.24, 2.45) is 5.92 Å². The van der Waals surface area contributed by atoms with Crippen molar-refractivity contribution in [3.05, 3.63) is 6.07 Å². The molecule has 0 amide bonds. The fraction of sp³-hybridized carbons (Fsp3) is 0.750. The summed E-state index contributed by atoms with van der Waals surface area (Å²) in [6, 6.07) is 3.12. The number of nitrogens with one attached hydrogen (secondary N) is 1. The molecule has 6 heteroatoms. The van der Waals surface area contributed by atoms with Crippen LogP contribution in [0.1, 0.15) is 32.6 Å². The Morgan fingerprint density at radius 2 is 2.00 bits per heavy atom. The normalized spacial score (nSPS) is 34.1. The third kappa shape index (κ3) is 2.60. The van der Waals surface area contributed by atoms with E-state index in [-0.39, 0.29) is 0 Å². The minimum Gasteiger partial charge on any atom is -0.368 e. The van der Waals surface area contributed by atoms with Gasteiger partial charge in [0.1, 0.15) is 11.6 Å². The second-order valence-electron chi connectivity index (χ2n) is 7.04. The molecule has 4 saturated heterocycles. The second kappa shape index (κ2) is 5.57. The monoisotopic (exact) mass is 302 g/mol. The molecule has 0 spiro atoms. The first-order valence-corrected chi connectivity index (χ1v) is 8.59. The average molecular weight is 302 g/mol. The number of rotatable bonds is 3. The van der Waals surface area contributed by atoms with Crippen LogP contribution in [-0.4, -0.2) is 53.1 Å². The first-order chi connectivity index (χ1) is 10.7. The number of fused-ring (bicyclic) bond motifs is 3. The molecule has 5 heterocycles. The quantitative estimate of drug-likeness (QED) is 0.883. The first-order valence-electron chi connectivity index (χ1n) is 8.59. The van der Waals surface area contributed by atoms with Crippen LogP contribution < -0.4 is 16.0 Å². The number of nitrogens with two attached hydrogens (primary N) is 1. The number of hydrogen-bond donors (Lipinski definition) is 2. The van der Waals surface area contributed by atoms with Crippen molar-refractivity contribution in [1.82, 2.24) is 14.9 Å². The number of aromatic nitrogens is 2.